The lowest BCUT2D eigenvalue weighted by Gasteiger charge is -2.09. The molecular formula is C18H20N4O2S. The fourth-order valence-electron chi connectivity index (χ4n) is 2.47. The molecule has 0 aliphatic heterocycles. The van der Waals surface area contributed by atoms with Crippen LogP contribution in [0.25, 0.3) is 11.5 Å². The molecule has 3 aromatic rings. The summed E-state index contributed by atoms with van der Waals surface area (Å²) in [5.74, 6) is 0.287. The Labute approximate surface area is 150 Å². The van der Waals surface area contributed by atoms with Gasteiger partial charge in [-0.25, -0.2) is 4.98 Å². The molecule has 0 atom stereocenters. The van der Waals surface area contributed by atoms with Gasteiger partial charge in [-0.1, -0.05) is 19.4 Å². The van der Waals surface area contributed by atoms with Crippen molar-refractivity contribution in [1.29, 1.82) is 0 Å². The largest absolute Gasteiger partial charge is 0.423 e. The number of nitrogens with zero attached hydrogens (tertiary/aromatic N) is 3. The Morgan fingerprint density at radius 2 is 2.16 bits per heavy atom. The SMILES string of the molecule is CCCCc1nc(C)c(C(=O)Nc2cc(-c3nnco3)ccc2C)s1. The van der Waals surface area contributed by atoms with E-state index in [2.05, 4.69) is 27.4 Å². The first-order chi connectivity index (χ1) is 12.1. The minimum Gasteiger partial charge on any atom is -0.423 e. The molecule has 0 spiro atoms. The molecule has 0 fully saturated rings. The van der Waals surface area contributed by atoms with Gasteiger partial charge in [0.05, 0.1) is 10.7 Å². The standard InChI is InChI=1S/C18H20N4O2S/c1-4-5-6-15-20-12(3)16(25-15)17(23)21-14-9-13(8-7-11(14)2)18-22-19-10-24-18/h7-10H,4-6H2,1-3H3,(H,21,23). The van der Waals surface area contributed by atoms with Crippen LogP contribution < -0.4 is 5.32 Å². The third kappa shape index (κ3) is 3.93. The first-order valence-corrected chi connectivity index (χ1v) is 9.05. The number of anilines is 1. The van der Waals surface area contributed by atoms with E-state index in [0.29, 0.717) is 10.8 Å². The van der Waals surface area contributed by atoms with Crippen molar-refractivity contribution in [1.82, 2.24) is 15.2 Å². The quantitative estimate of drug-likeness (QED) is 0.708. The molecule has 0 radical (unpaired) electrons. The highest BCUT2D eigenvalue weighted by atomic mass is 32.1. The summed E-state index contributed by atoms with van der Waals surface area (Å²) >= 11 is 1.47. The van der Waals surface area contributed by atoms with Gasteiger partial charge in [-0.15, -0.1) is 21.5 Å². The lowest BCUT2D eigenvalue weighted by Crippen LogP contribution is -2.12. The fraction of sp³-hybridized carbons (Fsp3) is 0.333. The van der Waals surface area contributed by atoms with Gasteiger partial charge >= 0.3 is 0 Å². The predicted octanol–water partition coefficient (Wildman–Crippen LogP) is 4.40. The lowest BCUT2D eigenvalue weighted by atomic mass is 10.1. The van der Waals surface area contributed by atoms with E-state index in [4.69, 9.17) is 4.42 Å². The highest BCUT2D eigenvalue weighted by Crippen LogP contribution is 2.26. The lowest BCUT2D eigenvalue weighted by molar-refractivity contribution is 0.102. The first-order valence-electron chi connectivity index (χ1n) is 8.23. The Hall–Kier alpha value is -2.54. The first kappa shape index (κ1) is 17.3. The number of benzene rings is 1. The Morgan fingerprint density at radius 3 is 2.88 bits per heavy atom. The molecule has 1 N–H and O–H groups in total. The Bertz CT molecular complexity index is 871. The number of amides is 1. The molecule has 6 nitrogen and oxygen atoms in total. The summed E-state index contributed by atoms with van der Waals surface area (Å²) in [4.78, 5) is 17.9. The average Bonchev–Trinajstić information content (AvgIpc) is 3.24. The number of hydrogen-bond acceptors (Lipinski definition) is 6. The number of carbonyl (C=O) groups is 1. The number of rotatable bonds is 6. The summed E-state index contributed by atoms with van der Waals surface area (Å²) in [6.07, 6.45) is 4.40. The number of unbranched alkanes of at least 4 members (excludes halogenated alkanes) is 1. The summed E-state index contributed by atoms with van der Waals surface area (Å²) in [6, 6.07) is 5.65. The molecule has 7 heteroatoms. The molecule has 0 bridgehead atoms. The number of carbonyl (C=O) groups excluding carboxylic acids is 1. The van der Waals surface area contributed by atoms with Crippen molar-refractivity contribution in [3.63, 3.8) is 0 Å². The zero-order valence-electron chi connectivity index (χ0n) is 14.5. The number of aromatic nitrogens is 3. The third-order valence-corrected chi connectivity index (χ3v) is 5.10. The van der Waals surface area contributed by atoms with Crippen molar-refractivity contribution in [2.75, 3.05) is 5.32 Å². The van der Waals surface area contributed by atoms with Crippen molar-refractivity contribution in [3.05, 3.63) is 45.7 Å². The minimum atomic E-state index is -0.136. The molecule has 2 aromatic heterocycles. The van der Waals surface area contributed by atoms with E-state index in [1.54, 1.807) is 0 Å². The zero-order valence-corrected chi connectivity index (χ0v) is 15.3. The van der Waals surface area contributed by atoms with Crippen LogP contribution in [0.5, 0.6) is 0 Å². The van der Waals surface area contributed by atoms with Crippen molar-refractivity contribution in [2.24, 2.45) is 0 Å². The van der Waals surface area contributed by atoms with E-state index in [-0.39, 0.29) is 5.91 Å². The molecular weight excluding hydrogens is 336 g/mol. The fourth-order valence-corrected chi connectivity index (χ4v) is 3.47. The topological polar surface area (TPSA) is 80.9 Å². The minimum absolute atomic E-state index is 0.136. The number of thiazole rings is 1. The van der Waals surface area contributed by atoms with Crippen molar-refractivity contribution in [2.45, 2.75) is 40.0 Å². The van der Waals surface area contributed by atoms with Crippen molar-refractivity contribution < 1.29 is 9.21 Å². The Morgan fingerprint density at radius 1 is 1.32 bits per heavy atom. The van der Waals surface area contributed by atoms with Gasteiger partial charge in [-0.3, -0.25) is 4.79 Å². The molecule has 2 heterocycles. The van der Waals surface area contributed by atoms with Crippen LogP contribution in [0.3, 0.4) is 0 Å². The van der Waals surface area contributed by atoms with E-state index >= 15 is 0 Å². The molecule has 0 aliphatic rings. The second-order valence-electron chi connectivity index (χ2n) is 5.85. The van der Waals surface area contributed by atoms with Crippen LogP contribution in [0.15, 0.2) is 29.0 Å². The second-order valence-corrected chi connectivity index (χ2v) is 6.94. The third-order valence-electron chi connectivity index (χ3n) is 3.88. The second kappa shape index (κ2) is 7.57. The monoisotopic (exact) mass is 356 g/mol. The van der Waals surface area contributed by atoms with Gasteiger partial charge in [0.2, 0.25) is 12.3 Å². The van der Waals surface area contributed by atoms with Crippen LogP contribution in [-0.2, 0) is 6.42 Å². The van der Waals surface area contributed by atoms with E-state index in [9.17, 15) is 4.79 Å². The van der Waals surface area contributed by atoms with E-state index in [1.807, 2.05) is 32.0 Å². The molecule has 130 valence electrons. The zero-order chi connectivity index (χ0) is 17.8. The van der Waals surface area contributed by atoms with Crippen LogP contribution in [0, 0.1) is 13.8 Å². The molecule has 0 aliphatic carbocycles. The smallest absolute Gasteiger partial charge is 0.267 e. The maximum atomic E-state index is 12.7. The van der Waals surface area contributed by atoms with Gasteiger partial charge in [0.1, 0.15) is 4.88 Å². The highest BCUT2D eigenvalue weighted by molar-refractivity contribution is 7.13. The Balaban J connectivity index is 1.81. The van der Waals surface area contributed by atoms with Crippen molar-refractivity contribution >= 4 is 22.9 Å². The van der Waals surface area contributed by atoms with Crippen molar-refractivity contribution in [3.8, 4) is 11.5 Å². The van der Waals surface area contributed by atoms with Crippen LogP contribution in [-0.4, -0.2) is 21.1 Å². The van der Waals surface area contributed by atoms with Crippen LogP contribution >= 0.6 is 11.3 Å². The molecule has 25 heavy (non-hydrogen) atoms. The molecule has 0 saturated heterocycles. The highest BCUT2D eigenvalue weighted by Gasteiger charge is 2.17. The van der Waals surface area contributed by atoms with E-state index in [1.165, 1.54) is 17.7 Å². The summed E-state index contributed by atoms with van der Waals surface area (Å²) in [5.41, 5.74) is 3.23. The maximum Gasteiger partial charge on any atom is 0.267 e. The maximum absolute atomic E-state index is 12.7. The van der Waals surface area contributed by atoms with Crippen LogP contribution in [0.1, 0.15) is 45.7 Å². The van der Waals surface area contributed by atoms with Gasteiger partial charge in [-0.2, -0.15) is 0 Å². The van der Waals surface area contributed by atoms with Gasteiger partial charge in [-0.05, 0) is 44.4 Å². The molecule has 1 amide bonds. The summed E-state index contributed by atoms with van der Waals surface area (Å²) in [6.45, 7) is 5.97. The molecule has 1 aromatic carbocycles. The summed E-state index contributed by atoms with van der Waals surface area (Å²) in [7, 11) is 0. The number of hydrogen-bond donors (Lipinski definition) is 1. The van der Waals surface area contributed by atoms with Gasteiger partial charge in [0.15, 0.2) is 0 Å². The van der Waals surface area contributed by atoms with Crippen LogP contribution in [0.2, 0.25) is 0 Å². The summed E-state index contributed by atoms with van der Waals surface area (Å²) < 4.78 is 5.22. The molecule has 3 rings (SSSR count). The average molecular weight is 356 g/mol. The molecule has 0 unspecified atom stereocenters. The Kier molecular flexibility index (Phi) is 5.23. The normalized spacial score (nSPS) is 10.8. The van der Waals surface area contributed by atoms with Crippen LogP contribution in [0.4, 0.5) is 5.69 Å². The predicted molar refractivity (Wildman–Crippen MR) is 97.9 cm³/mol. The molecule has 0 saturated carbocycles. The number of nitrogens with one attached hydrogen (secondary N) is 1. The van der Waals surface area contributed by atoms with Gasteiger partial charge in [0, 0.05) is 11.3 Å². The van der Waals surface area contributed by atoms with Gasteiger partial charge < -0.3 is 9.73 Å². The summed E-state index contributed by atoms with van der Waals surface area (Å²) in [5, 5.41) is 11.6. The van der Waals surface area contributed by atoms with Gasteiger partial charge in [0.25, 0.3) is 5.91 Å². The van der Waals surface area contributed by atoms with E-state index < -0.39 is 0 Å². The van der Waals surface area contributed by atoms with E-state index in [0.717, 1.165) is 46.8 Å². The number of aryl methyl sites for hydroxylation is 3.